The molecule has 3 aromatic carbocycles. The fourth-order valence-corrected chi connectivity index (χ4v) is 3.21. The second-order valence-corrected chi connectivity index (χ2v) is 6.77. The molecule has 0 aliphatic carbocycles. The monoisotopic (exact) mass is 404 g/mol. The lowest BCUT2D eigenvalue weighted by Gasteiger charge is -2.14. The number of halogens is 1. The number of carbonyl (C=O) groups excluding carboxylic acids is 2. The largest absolute Gasteiger partial charge is 0.322 e. The molecule has 7 heteroatoms. The number of benzodiazepines with no additional fused rings is 1. The SMILES string of the molecule is O=C(Nc1ccccc1Cl)NC1N=C(c2ccccc2)c2ccccc2NC1=O. The third-order valence-electron chi connectivity index (χ3n) is 4.38. The molecule has 3 amide bonds. The lowest BCUT2D eigenvalue weighted by Crippen LogP contribution is -2.44. The number of benzene rings is 3. The Morgan fingerprint density at radius 3 is 2.41 bits per heavy atom. The number of fused-ring (bicyclic) bond motifs is 1. The van der Waals surface area contributed by atoms with E-state index < -0.39 is 18.1 Å². The maximum absolute atomic E-state index is 12.7. The molecule has 0 aromatic heterocycles. The van der Waals surface area contributed by atoms with Crippen molar-refractivity contribution < 1.29 is 9.59 Å². The highest BCUT2D eigenvalue weighted by atomic mass is 35.5. The average Bonchev–Trinajstić information content (AvgIpc) is 2.87. The van der Waals surface area contributed by atoms with Crippen LogP contribution < -0.4 is 16.0 Å². The first kappa shape index (κ1) is 18.7. The van der Waals surface area contributed by atoms with E-state index in [0.29, 0.717) is 22.1 Å². The van der Waals surface area contributed by atoms with Gasteiger partial charge in [0, 0.05) is 11.1 Å². The van der Waals surface area contributed by atoms with Gasteiger partial charge in [-0.25, -0.2) is 9.79 Å². The Morgan fingerprint density at radius 2 is 1.62 bits per heavy atom. The third-order valence-corrected chi connectivity index (χ3v) is 4.71. The fourth-order valence-electron chi connectivity index (χ4n) is 3.03. The van der Waals surface area contributed by atoms with Crippen LogP contribution in [0.15, 0.2) is 83.9 Å². The van der Waals surface area contributed by atoms with Gasteiger partial charge in [0.2, 0.25) is 6.17 Å². The van der Waals surface area contributed by atoms with Gasteiger partial charge in [-0.15, -0.1) is 0 Å². The molecule has 0 saturated heterocycles. The number of nitrogens with zero attached hydrogens (tertiary/aromatic N) is 1. The molecule has 1 aliphatic rings. The van der Waals surface area contributed by atoms with E-state index in [9.17, 15) is 9.59 Å². The van der Waals surface area contributed by atoms with Crippen LogP contribution in [0.25, 0.3) is 0 Å². The first-order valence-electron chi connectivity index (χ1n) is 8.97. The molecule has 1 heterocycles. The molecule has 0 bridgehead atoms. The van der Waals surface area contributed by atoms with Crippen LogP contribution in [-0.4, -0.2) is 23.8 Å². The van der Waals surface area contributed by atoms with Crippen molar-refractivity contribution in [2.45, 2.75) is 6.17 Å². The molecular formula is C22H17ClN4O2. The van der Waals surface area contributed by atoms with E-state index in [-0.39, 0.29) is 0 Å². The van der Waals surface area contributed by atoms with E-state index in [2.05, 4.69) is 20.9 Å². The van der Waals surface area contributed by atoms with E-state index >= 15 is 0 Å². The summed E-state index contributed by atoms with van der Waals surface area (Å²) >= 11 is 6.08. The number of nitrogens with one attached hydrogen (secondary N) is 3. The summed E-state index contributed by atoms with van der Waals surface area (Å²) in [6.45, 7) is 0. The smallest absolute Gasteiger partial charge is 0.321 e. The van der Waals surface area contributed by atoms with Gasteiger partial charge in [0.1, 0.15) is 0 Å². The van der Waals surface area contributed by atoms with Crippen LogP contribution in [0.2, 0.25) is 5.02 Å². The zero-order valence-electron chi connectivity index (χ0n) is 15.2. The number of amides is 3. The average molecular weight is 405 g/mol. The second kappa shape index (κ2) is 8.16. The molecule has 3 N–H and O–H groups in total. The van der Waals surface area contributed by atoms with Crippen molar-refractivity contribution in [1.29, 1.82) is 0 Å². The predicted octanol–water partition coefficient (Wildman–Crippen LogP) is 4.28. The standard InChI is InChI=1S/C22H17ClN4O2/c23-16-11-5-7-13-18(16)25-22(29)27-20-21(28)24-17-12-6-4-10-15(17)19(26-20)14-8-2-1-3-9-14/h1-13,20H,(H,24,28)(H2,25,27,29). The first-order chi connectivity index (χ1) is 14.1. The quantitative estimate of drug-likeness (QED) is 0.609. The minimum absolute atomic E-state index is 0.397. The summed E-state index contributed by atoms with van der Waals surface area (Å²) in [4.78, 5) is 29.8. The summed E-state index contributed by atoms with van der Waals surface area (Å²) in [5.41, 5.74) is 3.31. The van der Waals surface area contributed by atoms with Gasteiger partial charge in [0.15, 0.2) is 0 Å². The molecule has 29 heavy (non-hydrogen) atoms. The molecule has 0 spiro atoms. The summed E-state index contributed by atoms with van der Waals surface area (Å²) in [7, 11) is 0. The molecule has 4 rings (SSSR count). The van der Waals surface area contributed by atoms with Crippen LogP contribution >= 0.6 is 11.6 Å². The van der Waals surface area contributed by atoms with E-state index in [1.54, 1.807) is 30.3 Å². The van der Waals surface area contributed by atoms with Crippen LogP contribution in [0, 0.1) is 0 Å². The highest BCUT2D eigenvalue weighted by molar-refractivity contribution is 6.33. The van der Waals surface area contributed by atoms with Gasteiger partial charge in [-0.3, -0.25) is 4.79 Å². The topological polar surface area (TPSA) is 82.6 Å². The number of hydrogen-bond donors (Lipinski definition) is 3. The van der Waals surface area contributed by atoms with Gasteiger partial charge in [-0.05, 0) is 18.2 Å². The van der Waals surface area contributed by atoms with Gasteiger partial charge in [-0.1, -0.05) is 72.3 Å². The van der Waals surface area contributed by atoms with Gasteiger partial charge in [-0.2, -0.15) is 0 Å². The maximum atomic E-state index is 12.7. The van der Waals surface area contributed by atoms with Gasteiger partial charge >= 0.3 is 6.03 Å². The van der Waals surface area contributed by atoms with E-state index in [0.717, 1.165) is 11.1 Å². The van der Waals surface area contributed by atoms with Crippen molar-refractivity contribution in [1.82, 2.24) is 5.32 Å². The molecular weight excluding hydrogens is 388 g/mol. The first-order valence-corrected chi connectivity index (χ1v) is 9.35. The van der Waals surface area contributed by atoms with Crippen molar-refractivity contribution in [3.63, 3.8) is 0 Å². The lowest BCUT2D eigenvalue weighted by molar-refractivity contribution is -0.117. The minimum atomic E-state index is -1.11. The maximum Gasteiger partial charge on any atom is 0.321 e. The van der Waals surface area contributed by atoms with Crippen LogP contribution in [0.1, 0.15) is 11.1 Å². The molecule has 6 nitrogen and oxygen atoms in total. The summed E-state index contributed by atoms with van der Waals surface area (Å²) in [5.74, 6) is -0.433. The van der Waals surface area contributed by atoms with Crippen LogP contribution in [0.5, 0.6) is 0 Å². The highest BCUT2D eigenvalue weighted by Crippen LogP contribution is 2.24. The van der Waals surface area contributed by atoms with E-state index in [1.807, 2.05) is 48.5 Å². The number of anilines is 2. The van der Waals surface area contributed by atoms with Crippen molar-refractivity contribution >= 4 is 40.6 Å². The van der Waals surface area contributed by atoms with Gasteiger partial charge in [0.05, 0.1) is 22.1 Å². The number of para-hydroxylation sites is 2. The number of carbonyl (C=O) groups is 2. The summed E-state index contributed by atoms with van der Waals surface area (Å²) in [5, 5.41) is 8.48. The number of hydrogen-bond acceptors (Lipinski definition) is 3. The van der Waals surface area contributed by atoms with Crippen molar-refractivity contribution in [3.8, 4) is 0 Å². The normalized spacial score (nSPS) is 15.4. The Morgan fingerprint density at radius 1 is 0.931 bits per heavy atom. The molecule has 1 atom stereocenters. The fraction of sp³-hybridized carbons (Fsp3) is 0.0455. The number of aliphatic imine (C=N–C) groups is 1. The minimum Gasteiger partial charge on any atom is -0.322 e. The predicted molar refractivity (Wildman–Crippen MR) is 115 cm³/mol. The summed E-state index contributed by atoms with van der Waals surface area (Å²) in [6, 6.07) is 23.2. The molecule has 0 saturated carbocycles. The van der Waals surface area contributed by atoms with Gasteiger partial charge < -0.3 is 16.0 Å². The Kier molecular flexibility index (Phi) is 5.27. The Balaban J connectivity index is 1.66. The Hall–Kier alpha value is -3.64. The van der Waals surface area contributed by atoms with Crippen molar-refractivity contribution in [2.24, 2.45) is 4.99 Å². The van der Waals surface area contributed by atoms with Crippen LogP contribution in [-0.2, 0) is 4.79 Å². The molecule has 1 unspecified atom stereocenters. The molecule has 3 aromatic rings. The van der Waals surface area contributed by atoms with E-state index in [4.69, 9.17) is 11.6 Å². The second-order valence-electron chi connectivity index (χ2n) is 6.36. The highest BCUT2D eigenvalue weighted by Gasteiger charge is 2.27. The number of urea groups is 1. The van der Waals surface area contributed by atoms with Crippen molar-refractivity contribution in [3.05, 3.63) is 95.0 Å². The van der Waals surface area contributed by atoms with Crippen molar-refractivity contribution in [2.75, 3.05) is 10.6 Å². The van der Waals surface area contributed by atoms with Crippen LogP contribution in [0.3, 0.4) is 0 Å². The summed E-state index contributed by atoms with van der Waals surface area (Å²) in [6.07, 6.45) is -1.11. The van der Waals surface area contributed by atoms with E-state index in [1.165, 1.54) is 0 Å². The Labute approximate surface area is 172 Å². The molecule has 1 aliphatic heterocycles. The number of rotatable bonds is 3. The van der Waals surface area contributed by atoms with Gasteiger partial charge in [0.25, 0.3) is 5.91 Å². The molecule has 0 fully saturated rings. The zero-order chi connectivity index (χ0) is 20.2. The lowest BCUT2D eigenvalue weighted by atomic mass is 10.0. The third kappa shape index (κ3) is 4.12. The van der Waals surface area contributed by atoms with Crippen LogP contribution in [0.4, 0.5) is 16.2 Å². The zero-order valence-corrected chi connectivity index (χ0v) is 16.0. The molecule has 144 valence electrons. The summed E-state index contributed by atoms with van der Waals surface area (Å²) < 4.78 is 0. The Bertz CT molecular complexity index is 1100. The molecule has 0 radical (unpaired) electrons.